The second kappa shape index (κ2) is 4.86. The van der Waals surface area contributed by atoms with Crippen LogP contribution in [0.5, 0.6) is 0 Å². The Bertz CT molecular complexity index is 452. The van der Waals surface area contributed by atoms with Crippen molar-refractivity contribution in [3.8, 4) is 0 Å². The zero-order chi connectivity index (χ0) is 14.0. The SMILES string of the molecule is CN(C)c1nc(C(N)=O)c(N(C)C)nc1C(N)=O. The predicted molar refractivity (Wildman–Crippen MR) is 67.7 cm³/mol. The van der Waals surface area contributed by atoms with Gasteiger partial charge in [0, 0.05) is 28.2 Å². The smallest absolute Gasteiger partial charge is 0.271 e. The molecular formula is C10H16N6O2. The molecule has 0 radical (unpaired) electrons. The molecule has 1 aromatic heterocycles. The standard InChI is InChI=1S/C10H16N6O2/c1-15(2)9-5(7(11)17)14-10(16(3)4)6(13-9)8(12)18/h1-4H3,(H2,11,17)(H2,12,18). The molecule has 0 saturated heterocycles. The summed E-state index contributed by atoms with van der Waals surface area (Å²) in [6.45, 7) is 0. The molecule has 2 amide bonds. The number of carbonyl (C=O) groups excluding carboxylic acids is 2. The number of anilines is 2. The number of primary amides is 2. The minimum absolute atomic E-state index is 0.00583. The zero-order valence-corrected chi connectivity index (χ0v) is 10.8. The average molecular weight is 252 g/mol. The summed E-state index contributed by atoms with van der Waals surface area (Å²) in [5.74, 6) is -1.01. The van der Waals surface area contributed by atoms with Gasteiger partial charge in [0.05, 0.1) is 0 Å². The highest BCUT2D eigenvalue weighted by Crippen LogP contribution is 2.21. The molecule has 1 heterocycles. The fourth-order valence-corrected chi connectivity index (χ4v) is 1.37. The van der Waals surface area contributed by atoms with E-state index < -0.39 is 11.8 Å². The van der Waals surface area contributed by atoms with Crippen LogP contribution in [0.15, 0.2) is 0 Å². The molecule has 0 fully saturated rings. The summed E-state index contributed by atoms with van der Waals surface area (Å²) in [7, 11) is 6.65. The van der Waals surface area contributed by atoms with Gasteiger partial charge in [-0.25, -0.2) is 9.97 Å². The number of aromatic nitrogens is 2. The van der Waals surface area contributed by atoms with Gasteiger partial charge >= 0.3 is 0 Å². The first kappa shape index (κ1) is 13.7. The van der Waals surface area contributed by atoms with Crippen LogP contribution in [0.1, 0.15) is 21.0 Å². The first-order valence-corrected chi connectivity index (χ1v) is 5.12. The molecule has 0 aliphatic heterocycles. The Hall–Kier alpha value is -2.38. The largest absolute Gasteiger partial charge is 0.364 e. The van der Waals surface area contributed by atoms with E-state index >= 15 is 0 Å². The molecular weight excluding hydrogens is 236 g/mol. The van der Waals surface area contributed by atoms with Crippen molar-refractivity contribution < 1.29 is 9.59 Å². The lowest BCUT2D eigenvalue weighted by Crippen LogP contribution is -2.28. The van der Waals surface area contributed by atoms with Crippen LogP contribution in [-0.4, -0.2) is 50.0 Å². The summed E-state index contributed by atoms with van der Waals surface area (Å²) < 4.78 is 0. The summed E-state index contributed by atoms with van der Waals surface area (Å²) in [6.07, 6.45) is 0. The van der Waals surface area contributed by atoms with Crippen molar-refractivity contribution >= 4 is 23.5 Å². The summed E-state index contributed by atoms with van der Waals surface area (Å²) in [5.41, 5.74) is 10.5. The quantitative estimate of drug-likeness (QED) is 0.695. The van der Waals surface area contributed by atoms with E-state index in [1.165, 1.54) is 0 Å². The minimum atomic E-state index is -0.717. The lowest BCUT2D eigenvalue weighted by atomic mass is 10.3. The molecule has 8 heteroatoms. The maximum Gasteiger partial charge on any atom is 0.271 e. The van der Waals surface area contributed by atoms with E-state index in [4.69, 9.17) is 11.5 Å². The predicted octanol–water partition coefficient (Wildman–Crippen LogP) is -1.19. The van der Waals surface area contributed by atoms with Crippen LogP contribution in [0.25, 0.3) is 0 Å². The molecule has 4 N–H and O–H groups in total. The minimum Gasteiger partial charge on any atom is -0.364 e. The third kappa shape index (κ3) is 2.47. The Balaban J connectivity index is 3.60. The van der Waals surface area contributed by atoms with Crippen LogP contribution in [0.3, 0.4) is 0 Å². The van der Waals surface area contributed by atoms with Gasteiger partial charge < -0.3 is 21.3 Å². The molecule has 0 aliphatic rings. The topological polar surface area (TPSA) is 118 Å². The van der Waals surface area contributed by atoms with Gasteiger partial charge in [-0.3, -0.25) is 9.59 Å². The van der Waals surface area contributed by atoms with Crippen LogP contribution >= 0.6 is 0 Å². The number of nitrogens with zero attached hydrogens (tertiary/aromatic N) is 4. The molecule has 1 rings (SSSR count). The molecule has 0 unspecified atom stereocenters. The van der Waals surface area contributed by atoms with Gasteiger partial charge in [-0.1, -0.05) is 0 Å². The molecule has 0 spiro atoms. The summed E-state index contributed by atoms with van der Waals surface area (Å²) in [5, 5.41) is 0. The second-order valence-corrected chi connectivity index (χ2v) is 4.09. The number of hydrogen-bond acceptors (Lipinski definition) is 6. The average Bonchev–Trinajstić information content (AvgIpc) is 2.26. The van der Waals surface area contributed by atoms with Crippen molar-refractivity contribution in [1.29, 1.82) is 0 Å². The molecule has 98 valence electrons. The number of hydrogen-bond donors (Lipinski definition) is 2. The third-order valence-corrected chi connectivity index (χ3v) is 2.17. The fourth-order valence-electron chi connectivity index (χ4n) is 1.37. The van der Waals surface area contributed by atoms with Crippen molar-refractivity contribution in [2.45, 2.75) is 0 Å². The van der Waals surface area contributed by atoms with E-state index in [1.54, 1.807) is 38.0 Å². The highest BCUT2D eigenvalue weighted by molar-refractivity contribution is 6.00. The number of nitrogens with two attached hydrogens (primary N) is 2. The Morgan fingerprint density at radius 3 is 1.28 bits per heavy atom. The van der Waals surface area contributed by atoms with E-state index in [0.29, 0.717) is 0 Å². The van der Waals surface area contributed by atoms with Crippen molar-refractivity contribution in [2.24, 2.45) is 11.5 Å². The molecule has 0 aliphatic carbocycles. The Labute approximate surface area is 105 Å². The van der Waals surface area contributed by atoms with Crippen molar-refractivity contribution in [3.05, 3.63) is 11.4 Å². The summed E-state index contributed by atoms with van der Waals surface area (Å²) in [4.78, 5) is 33.9. The lowest BCUT2D eigenvalue weighted by Gasteiger charge is -2.19. The third-order valence-electron chi connectivity index (χ3n) is 2.17. The van der Waals surface area contributed by atoms with E-state index in [1.807, 2.05) is 0 Å². The maximum absolute atomic E-state index is 11.3. The molecule has 0 atom stereocenters. The van der Waals surface area contributed by atoms with Gasteiger partial charge in [0.2, 0.25) is 0 Å². The van der Waals surface area contributed by atoms with Gasteiger partial charge in [-0.2, -0.15) is 0 Å². The van der Waals surface area contributed by atoms with E-state index in [0.717, 1.165) is 0 Å². The van der Waals surface area contributed by atoms with Crippen LogP contribution in [0.4, 0.5) is 11.6 Å². The molecule has 0 bridgehead atoms. The van der Waals surface area contributed by atoms with Crippen molar-refractivity contribution in [3.63, 3.8) is 0 Å². The van der Waals surface area contributed by atoms with Crippen molar-refractivity contribution in [1.82, 2.24) is 9.97 Å². The fraction of sp³-hybridized carbons (Fsp3) is 0.400. The lowest BCUT2D eigenvalue weighted by molar-refractivity contribution is 0.0981. The molecule has 8 nitrogen and oxygen atoms in total. The molecule has 0 saturated carbocycles. The van der Waals surface area contributed by atoms with E-state index in [-0.39, 0.29) is 23.0 Å². The summed E-state index contributed by atoms with van der Waals surface area (Å²) in [6, 6.07) is 0. The normalized spacial score (nSPS) is 10.0. The van der Waals surface area contributed by atoms with Crippen LogP contribution in [-0.2, 0) is 0 Å². The second-order valence-electron chi connectivity index (χ2n) is 4.09. The first-order chi connectivity index (χ1) is 8.25. The maximum atomic E-state index is 11.3. The van der Waals surface area contributed by atoms with Crippen LogP contribution in [0, 0.1) is 0 Å². The van der Waals surface area contributed by atoms with E-state index in [9.17, 15) is 9.59 Å². The van der Waals surface area contributed by atoms with Crippen molar-refractivity contribution in [2.75, 3.05) is 38.0 Å². The van der Waals surface area contributed by atoms with E-state index in [2.05, 4.69) is 9.97 Å². The number of rotatable bonds is 4. The molecule has 1 aromatic rings. The highest BCUT2D eigenvalue weighted by atomic mass is 16.1. The van der Waals surface area contributed by atoms with Gasteiger partial charge in [0.25, 0.3) is 11.8 Å². The van der Waals surface area contributed by atoms with Crippen LogP contribution < -0.4 is 21.3 Å². The van der Waals surface area contributed by atoms with Gasteiger partial charge in [-0.05, 0) is 0 Å². The van der Waals surface area contributed by atoms with Gasteiger partial charge in [0.15, 0.2) is 23.0 Å². The van der Waals surface area contributed by atoms with Crippen LogP contribution in [0.2, 0.25) is 0 Å². The number of carbonyl (C=O) groups is 2. The first-order valence-electron chi connectivity index (χ1n) is 5.12. The number of amides is 2. The monoisotopic (exact) mass is 252 g/mol. The Kier molecular flexibility index (Phi) is 3.70. The molecule has 18 heavy (non-hydrogen) atoms. The highest BCUT2D eigenvalue weighted by Gasteiger charge is 2.22. The van der Waals surface area contributed by atoms with Gasteiger partial charge in [-0.15, -0.1) is 0 Å². The zero-order valence-electron chi connectivity index (χ0n) is 10.8. The summed E-state index contributed by atoms with van der Waals surface area (Å²) >= 11 is 0. The Morgan fingerprint density at radius 1 is 0.833 bits per heavy atom. The van der Waals surface area contributed by atoms with Gasteiger partial charge in [0.1, 0.15) is 0 Å². The Morgan fingerprint density at radius 2 is 1.11 bits per heavy atom. The molecule has 0 aromatic carbocycles.